The molecule has 0 unspecified atom stereocenters. The van der Waals surface area contributed by atoms with E-state index in [1.807, 2.05) is 18.0 Å². The Bertz CT molecular complexity index is 299. The Morgan fingerprint density at radius 1 is 1.43 bits per heavy atom. The third-order valence-corrected chi connectivity index (χ3v) is 2.26. The molecule has 0 fully saturated rings. The molecule has 0 saturated heterocycles. The van der Waals surface area contributed by atoms with Crippen molar-refractivity contribution in [2.75, 3.05) is 18.5 Å². The number of rotatable bonds is 4. The van der Waals surface area contributed by atoms with Gasteiger partial charge in [0.05, 0.1) is 0 Å². The normalized spacial score (nSPS) is 10.3. The van der Waals surface area contributed by atoms with Crippen LogP contribution in [0.2, 0.25) is 0 Å². The maximum absolute atomic E-state index is 13.3. The van der Waals surface area contributed by atoms with Gasteiger partial charge in [0.1, 0.15) is 5.82 Å². The summed E-state index contributed by atoms with van der Waals surface area (Å²) in [7, 11) is 1.96. The summed E-state index contributed by atoms with van der Waals surface area (Å²) in [5.74, 6) is -0.215. The molecule has 0 amide bonds. The molecule has 0 aliphatic rings. The first kappa shape index (κ1) is 11.0. The average Bonchev–Trinajstić information content (AvgIpc) is 2.18. The van der Waals surface area contributed by atoms with Crippen molar-refractivity contribution in [3.8, 4) is 0 Å². The van der Waals surface area contributed by atoms with E-state index in [1.165, 1.54) is 6.07 Å². The molecule has 3 heteroatoms. The quantitative estimate of drug-likeness (QED) is 0.799. The van der Waals surface area contributed by atoms with Crippen LogP contribution >= 0.6 is 0 Å². The Hall–Kier alpha value is -1.09. The van der Waals surface area contributed by atoms with Crippen molar-refractivity contribution >= 4 is 5.69 Å². The first-order chi connectivity index (χ1) is 6.69. The zero-order chi connectivity index (χ0) is 10.6. The highest BCUT2D eigenvalue weighted by atomic mass is 19.1. The van der Waals surface area contributed by atoms with Gasteiger partial charge >= 0.3 is 0 Å². The van der Waals surface area contributed by atoms with Gasteiger partial charge in [-0.3, -0.25) is 0 Å². The number of anilines is 1. The number of hydrogen-bond acceptors (Lipinski definition) is 2. The topological polar surface area (TPSA) is 29.3 Å². The van der Waals surface area contributed by atoms with E-state index in [2.05, 4.69) is 6.92 Å². The van der Waals surface area contributed by atoms with E-state index < -0.39 is 0 Å². The van der Waals surface area contributed by atoms with Crippen LogP contribution in [-0.2, 0) is 6.54 Å². The highest BCUT2D eigenvalue weighted by Gasteiger charge is 2.04. The summed E-state index contributed by atoms with van der Waals surface area (Å²) in [6.07, 6.45) is 1.05. The number of hydrogen-bond donors (Lipinski definition) is 1. The fraction of sp³-hybridized carbons (Fsp3) is 0.455. The van der Waals surface area contributed by atoms with E-state index in [9.17, 15) is 4.39 Å². The summed E-state index contributed by atoms with van der Waals surface area (Å²) in [5.41, 5.74) is 6.85. The maximum Gasteiger partial charge on any atom is 0.129 e. The zero-order valence-electron chi connectivity index (χ0n) is 8.76. The van der Waals surface area contributed by atoms with Crippen molar-refractivity contribution < 1.29 is 4.39 Å². The van der Waals surface area contributed by atoms with E-state index in [0.717, 1.165) is 18.7 Å². The van der Waals surface area contributed by atoms with E-state index in [-0.39, 0.29) is 12.4 Å². The summed E-state index contributed by atoms with van der Waals surface area (Å²) in [4.78, 5) is 2.03. The van der Waals surface area contributed by atoms with Crippen molar-refractivity contribution in [3.63, 3.8) is 0 Å². The molecule has 2 nitrogen and oxygen atoms in total. The van der Waals surface area contributed by atoms with Crippen LogP contribution in [0.15, 0.2) is 18.2 Å². The lowest BCUT2D eigenvalue weighted by Gasteiger charge is -2.18. The highest BCUT2D eigenvalue weighted by Crippen LogP contribution is 2.17. The van der Waals surface area contributed by atoms with Gasteiger partial charge in [-0.1, -0.05) is 13.0 Å². The summed E-state index contributed by atoms with van der Waals surface area (Å²) in [6, 6.07) is 5.19. The highest BCUT2D eigenvalue weighted by molar-refractivity contribution is 5.47. The standard InChI is InChI=1S/C11H17FN2/c1-3-6-14(2)10-5-4-9(8-13)11(12)7-10/h4-5,7H,3,6,8,13H2,1-2H3. The molecule has 1 aromatic carbocycles. The molecule has 1 aromatic rings. The maximum atomic E-state index is 13.3. The number of benzene rings is 1. The van der Waals surface area contributed by atoms with Crippen molar-refractivity contribution in [1.29, 1.82) is 0 Å². The van der Waals surface area contributed by atoms with Gasteiger partial charge in [0, 0.05) is 31.4 Å². The molecule has 78 valence electrons. The van der Waals surface area contributed by atoms with Gasteiger partial charge in [0.2, 0.25) is 0 Å². The SMILES string of the molecule is CCCN(C)c1ccc(CN)c(F)c1. The minimum atomic E-state index is -0.215. The number of halogens is 1. The smallest absolute Gasteiger partial charge is 0.129 e. The molecule has 0 saturated carbocycles. The first-order valence-corrected chi connectivity index (χ1v) is 4.88. The molecule has 0 spiro atoms. The summed E-state index contributed by atoms with van der Waals surface area (Å²) in [6.45, 7) is 3.28. The summed E-state index contributed by atoms with van der Waals surface area (Å²) in [5, 5.41) is 0. The van der Waals surface area contributed by atoms with Crippen molar-refractivity contribution in [1.82, 2.24) is 0 Å². The molecule has 0 heterocycles. The Morgan fingerprint density at radius 3 is 2.64 bits per heavy atom. The Labute approximate surface area is 84.5 Å². The van der Waals surface area contributed by atoms with Crippen LogP contribution in [0.5, 0.6) is 0 Å². The van der Waals surface area contributed by atoms with Crippen LogP contribution in [0.3, 0.4) is 0 Å². The van der Waals surface area contributed by atoms with Gasteiger partial charge in [-0.25, -0.2) is 4.39 Å². The van der Waals surface area contributed by atoms with Gasteiger partial charge in [-0.05, 0) is 18.6 Å². The fourth-order valence-electron chi connectivity index (χ4n) is 1.40. The Balaban J connectivity index is 2.85. The average molecular weight is 196 g/mol. The third kappa shape index (κ3) is 2.45. The fourth-order valence-corrected chi connectivity index (χ4v) is 1.40. The van der Waals surface area contributed by atoms with Crippen LogP contribution in [0, 0.1) is 5.82 Å². The molecule has 14 heavy (non-hydrogen) atoms. The van der Waals surface area contributed by atoms with Crippen LogP contribution in [0.4, 0.5) is 10.1 Å². The number of nitrogens with two attached hydrogens (primary N) is 1. The first-order valence-electron chi connectivity index (χ1n) is 4.88. The summed E-state index contributed by atoms with van der Waals surface area (Å²) >= 11 is 0. The van der Waals surface area contributed by atoms with Crippen LogP contribution in [0.25, 0.3) is 0 Å². The predicted molar refractivity (Wildman–Crippen MR) is 57.9 cm³/mol. The zero-order valence-corrected chi connectivity index (χ0v) is 8.76. The van der Waals surface area contributed by atoms with Crippen molar-refractivity contribution in [2.24, 2.45) is 5.73 Å². The molecule has 0 aromatic heterocycles. The third-order valence-electron chi connectivity index (χ3n) is 2.26. The second-order valence-corrected chi connectivity index (χ2v) is 3.40. The minimum Gasteiger partial charge on any atom is -0.375 e. The number of nitrogens with zero attached hydrogens (tertiary/aromatic N) is 1. The largest absolute Gasteiger partial charge is 0.375 e. The lowest BCUT2D eigenvalue weighted by atomic mass is 10.2. The van der Waals surface area contributed by atoms with Gasteiger partial charge < -0.3 is 10.6 Å². The molecule has 0 bridgehead atoms. The van der Waals surface area contributed by atoms with Gasteiger partial charge in [0.25, 0.3) is 0 Å². The molecular weight excluding hydrogens is 179 g/mol. The Kier molecular flexibility index (Phi) is 3.89. The summed E-state index contributed by atoms with van der Waals surface area (Å²) < 4.78 is 13.3. The lowest BCUT2D eigenvalue weighted by molar-refractivity contribution is 0.610. The molecule has 1 rings (SSSR count). The second kappa shape index (κ2) is 4.96. The molecule has 0 atom stereocenters. The lowest BCUT2D eigenvalue weighted by Crippen LogP contribution is -2.18. The van der Waals surface area contributed by atoms with E-state index in [0.29, 0.717) is 5.56 Å². The van der Waals surface area contributed by atoms with Crippen LogP contribution < -0.4 is 10.6 Å². The molecule has 2 N–H and O–H groups in total. The van der Waals surface area contributed by atoms with E-state index in [1.54, 1.807) is 6.07 Å². The van der Waals surface area contributed by atoms with Gasteiger partial charge in [0.15, 0.2) is 0 Å². The minimum absolute atomic E-state index is 0.215. The second-order valence-electron chi connectivity index (χ2n) is 3.40. The van der Waals surface area contributed by atoms with E-state index >= 15 is 0 Å². The predicted octanol–water partition coefficient (Wildman–Crippen LogP) is 2.13. The Morgan fingerprint density at radius 2 is 2.14 bits per heavy atom. The van der Waals surface area contributed by atoms with Gasteiger partial charge in [-0.15, -0.1) is 0 Å². The molecular formula is C11H17FN2. The van der Waals surface area contributed by atoms with Crippen LogP contribution in [0.1, 0.15) is 18.9 Å². The van der Waals surface area contributed by atoms with Crippen molar-refractivity contribution in [2.45, 2.75) is 19.9 Å². The molecule has 0 aliphatic carbocycles. The van der Waals surface area contributed by atoms with Gasteiger partial charge in [-0.2, -0.15) is 0 Å². The monoisotopic (exact) mass is 196 g/mol. The van der Waals surface area contributed by atoms with Crippen molar-refractivity contribution in [3.05, 3.63) is 29.6 Å². The van der Waals surface area contributed by atoms with E-state index in [4.69, 9.17) is 5.73 Å². The van der Waals surface area contributed by atoms with Crippen LogP contribution in [-0.4, -0.2) is 13.6 Å². The molecule has 0 aliphatic heterocycles. The molecule has 0 radical (unpaired) electrons.